The van der Waals surface area contributed by atoms with E-state index in [1.165, 1.54) is 6.20 Å². The molecule has 1 amide bonds. The van der Waals surface area contributed by atoms with Gasteiger partial charge in [0.25, 0.3) is 0 Å². The molecule has 1 aromatic carbocycles. The van der Waals surface area contributed by atoms with Gasteiger partial charge in [-0.3, -0.25) is 14.6 Å². The number of nitrogens with zero attached hydrogens (tertiary/aromatic N) is 1. The molecule has 2 fully saturated rings. The average molecular weight is 473 g/mol. The summed E-state index contributed by atoms with van der Waals surface area (Å²) >= 11 is 12.6. The van der Waals surface area contributed by atoms with Crippen molar-refractivity contribution in [2.75, 3.05) is 5.32 Å². The highest BCUT2D eigenvalue weighted by molar-refractivity contribution is 6.31. The molecule has 2 N–H and O–H groups in total. The number of rotatable bonds is 2. The van der Waals surface area contributed by atoms with Gasteiger partial charge in [-0.25, -0.2) is 0 Å². The molecule has 168 valence electrons. The highest BCUT2D eigenvalue weighted by atomic mass is 35.5. The number of carboxylic acids is 1. The maximum Gasteiger partial charge on any atom is 0.307 e. The van der Waals surface area contributed by atoms with E-state index >= 15 is 0 Å². The van der Waals surface area contributed by atoms with Gasteiger partial charge in [0.1, 0.15) is 0 Å². The predicted octanol–water partition coefficient (Wildman–Crippen LogP) is 6.05. The number of carboxylic acid groups (broad SMARTS) is 1. The summed E-state index contributed by atoms with van der Waals surface area (Å²) in [6.45, 7) is 4.49. The van der Waals surface area contributed by atoms with Crippen molar-refractivity contribution in [1.29, 1.82) is 0 Å². The van der Waals surface area contributed by atoms with E-state index in [1.807, 2.05) is 6.07 Å². The fraction of sp³-hybridized carbons (Fsp3) is 0.480. The van der Waals surface area contributed by atoms with Gasteiger partial charge in [-0.15, -0.1) is 0 Å². The number of hydrogen-bond acceptors (Lipinski definition) is 3. The maximum atomic E-state index is 14.0. The molecule has 0 radical (unpaired) electrons. The molecule has 1 aromatic heterocycles. The summed E-state index contributed by atoms with van der Waals surface area (Å²) in [6.07, 6.45) is 7.12. The van der Waals surface area contributed by atoms with E-state index in [1.54, 1.807) is 24.4 Å². The lowest BCUT2D eigenvalue weighted by Gasteiger charge is -2.50. The van der Waals surface area contributed by atoms with E-state index in [2.05, 4.69) is 24.1 Å². The van der Waals surface area contributed by atoms with Gasteiger partial charge in [0.05, 0.1) is 16.4 Å². The Bertz CT molecular complexity index is 1120. The Morgan fingerprint density at radius 3 is 2.47 bits per heavy atom. The molecular weight excluding hydrogens is 447 g/mol. The molecule has 5 rings (SSSR count). The molecule has 2 aromatic rings. The Morgan fingerprint density at radius 1 is 1.09 bits per heavy atom. The monoisotopic (exact) mass is 472 g/mol. The van der Waals surface area contributed by atoms with Crippen molar-refractivity contribution in [2.45, 2.75) is 57.3 Å². The molecule has 1 aliphatic heterocycles. The van der Waals surface area contributed by atoms with E-state index in [4.69, 9.17) is 23.2 Å². The lowest BCUT2D eigenvalue weighted by atomic mass is 9.51. The standard InChI is InChI=1S/C25H26Cl2N2O3/c1-23(2)5-7-24(8-6-23)11-17(21(30)31)20(14-9-16(27)13-28-12-14)25(24)18-4-3-15(26)10-19(18)29-22(25)32/h3-4,9-10,12-13,17,20H,5-8,11H2,1-2H3,(H,29,32)(H,30,31)/t17-,20+,25?/m1/s1. The smallest absolute Gasteiger partial charge is 0.307 e. The van der Waals surface area contributed by atoms with Crippen molar-refractivity contribution >= 4 is 40.8 Å². The molecule has 5 nitrogen and oxygen atoms in total. The van der Waals surface area contributed by atoms with E-state index in [0.29, 0.717) is 27.7 Å². The first kappa shape index (κ1) is 21.7. The minimum absolute atomic E-state index is 0.136. The third-order valence-electron chi connectivity index (χ3n) is 8.29. The Labute approximate surface area is 197 Å². The number of anilines is 1. The quantitative estimate of drug-likeness (QED) is 0.556. The first-order valence-corrected chi connectivity index (χ1v) is 11.8. The number of aliphatic carboxylic acids is 1. The third kappa shape index (κ3) is 2.94. The third-order valence-corrected chi connectivity index (χ3v) is 8.73. The van der Waals surface area contributed by atoms with Crippen molar-refractivity contribution in [1.82, 2.24) is 4.98 Å². The largest absolute Gasteiger partial charge is 0.481 e. The molecule has 2 heterocycles. The second kappa shape index (κ2) is 7.19. The zero-order valence-electron chi connectivity index (χ0n) is 18.1. The molecule has 3 aliphatic rings. The summed E-state index contributed by atoms with van der Waals surface area (Å²) in [4.78, 5) is 30.9. The van der Waals surface area contributed by atoms with E-state index in [0.717, 1.165) is 31.2 Å². The normalized spacial score (nSPS) is 29.8. The van der Waals surface area contributed by atoms with Crippen LogP contribution in [0.2, 0.25) is 10.0 Å². The minimum Gasteiger partial charge on any atom is -0.481 e. The minimum atomic E-state index is -1.02. The van der Waals surface area contributed by atoms with Crippen LogP contribution in [0.4, 0.5) is 5.69 Å². The van der Waals surface area contributed by atoms with Crippen LogP contribution in [0.25, 0.3) is 0 Å². The van der Waals surface area contributed by atoms with Gasteiger partial charge in [-0.2, -0.15) is 0 Å². The van der Waals surface area contributed by atoms with Crippen molar-refractivity contribution in [3.8, 4) is 0 Å². The highest BCUT2D eigenvalue weighted by Gasteiger charge is 2.72. The molecule has 2 spiro atoms. The van der Waals surface area contributed by atoms with E-state index in [-0.39, 0.29) is 11.3 Å². The van der Waals surface area contributed by atoms with Crippen LogP contribution in [0, 0.1) is 16.7 Å². The summed E-state index contributed by atoms with van der Waals surface area (Å²) < 4.78 is 0. The number of hydrogen-bond donors (Lipinski definition) is 2. The summed E-state index contributed by atoms with van der Waals surface area (Å²) in [7, 11) is 0. The van der Waals surface area contributed by atoms with E-state index in [9.17, 15) is 14.7 Å². The van der Waals surface area contributed by atoms with Crippen LogP contribution in [-0.4, -0.2) is 22.0 Å². The van der Waals surface area contributed by atoms with Crippen molar-refractivity contribution in [3.05, 3.63) is 57.8 Å². The lowest BCUT2D eigenvalue weighted by Crippen LogP contribution is -2.52. The van der Waals surface area contributed by atoms with Crippen molar-refractivity contribution < 1.29 is 14.7 Å². The summed E-state index contributed by atoms with van der Waals surface area (Å²) in [6, 6.07) is 7.24. The van der Waals surface area contributed by atoms with Crippen LogP contribution >= 0.6 is 23.2 Å². The fourth-order valence-corrected chi connectivity index (χ4v) is 7.14. The molecular formula is C25H26Cl2N2O3. The number of carbonyl (C=O) groups is 2. The molecule has 7 heteroatoms. The molecule has 1 unspecified atom stereocenters. The number of nitrogens with one attached hydrogen (secondary N) is 1. The summed E-state index contributed by atoms with van der Waals surface area (Å²) in [5.41, 5.74) is 0.905. The second-order valence-electron chi connectivity index (χ2n) is 10.5. The van der Waals surface area contributed by atoms with Crippen LogP contribution in [0.1, 0.15) is 63.0 Å². The molecule has 32 heavy (non-hydrogen) atoms. The van der Waals surface area contributed by atoms with Gasteiger partial charge in [-0.1, -0.05) is 43.1 Å². The van der Waals surface area contributed by atoms with Crippen LogP contribution in [0.15, 0.2) is 36.7 Å². The number of carbonyl (C=O) groups excluding carboxylic acids is 1. The molecule has 3 atom stereocenters. The Morgan fingerprint density at radius 2 is 1.81 bits per heavy atom. The van der Waals surface area contributed by atoms with Crippen molar-refractivity contribution in [3.63, 3.8) is 0 Å². The van der Waals surface area contributed by atoms with Gasteiger partial charge in [0.2, 0.25) is 5.91 Å². The summed E-state index contributed by atoms with van der Waals surface area (Å²) in [5, 5.41) is 14.4. The van der Waals surface area contributed by atoms with Gasteiger partial charge in [-0.05, 0) is 72.3 Å². The number of halogens is 2. The maximum absolute atomic E-state index is 14.0. The zero-order valence-corrected chi connectivity index (χ0v) is 19.6. The highest BCUT2D eigenvalue weighted by Crippen LogP contribution is 2.72. The second-order valence-corrected chi connectivity index (χ2v) is 11.3. The Balaban J connectivity index is 1.81. The number of pyridine rings is 1. The number of benzene rings is 1. The topological polar surface area (TPSA) is 79.3 Å². The van der Waals surface area contributed by atoms with Crippen LogP contribution in [0.3, 0.4) is 0 Å². The van der Waals surface area contributed by atoms with Crippen LogP contribution in [0.5, 0.6) is 0 Å². The molecule has 2 aliphatic carbocycles. The first-order valence-electron chi connectivity index (χ1n) is 11.0. The predicted molar refractivity (Wildman–Crippen MR) is 124 cm³/mol. The molecule has 2 saturated carbocycles. The number of amides is 1. The molecule has 0 saturated heterocycles. The lowest BCUT2D eigenvalue weighted by molar-refractivity contribution is -0.142. The van der Waals surface area contributed by atoms with Crippen LogP contribution < -0.4 is 5.32 Å². The number of fused-ring (bicyclic) bond motifs is 3. The zero-order chi connectivity index (χ0) is 22.9. The van der Waals surface area contributed by atoms with Gasteiger partial charge in [0.15, 0.2) is 0 Å². The Hall–Kier alpha value is -2.11. The SMILES string of the molecule is CC1(C)CCC2(CC1)C[C@@H](C(=O)O)[C@H](c1cncc(Cl)c1)C21C(=O)Nc2cc(Cl)ccc21. The average Bonchev–Trinajstić information content (AvgIpc) is 3.18. The van der Waals surface area contributed by atoms with Gasteiger partial charge in [0, 0.05) is 29.0 Å². The Kier molecular flexibility index (Phi) is 4.88. The van der Waals surface area contributed by atoms with Gasteiger partial charge < -0.3 is 10.4 Å². The number of aromatic nitrogens is 1. The van der Waals surface area contributed by atoms with E-state index < -0.39 is 28.6 Å². The van der Waals surface area contributed by atoms with Crippen LogP contribution in [-0.2, 0) is 15.0 Å². The van der Waals surface area contributed by atoms with Gasteiger partial charge >= 0.3 is 5.97 Å². The summed E-state index contributed by atoms with van der Waals surface area (Å²) in [5.74, 6) is -2.31. The molecule has 0 bridgehead atoms. The first-order chi connectivity index (χ1) is 15.1. The van der Waals surface area contributed by atoms with Crippen molar-refractivity contribution in [2.24, 2.45) is 16.7 Å². The fourth-order valence-electron chi connectivity index (χ4n) is 6.79.